The molecule has 214 valence electrons. The Morgan fingerprint density at radius 1 is 0.457 bits per heavy atom. The van der Waals surface area contributed by atoms with Gasteiger partial charge in [0.15, 0.2) is 5.82 Å². The molecule has 3 aromatic heterocycles. The normalized spacial score (nSPS) is 11.9. The van der Waals surface area contributed by atoms with Gasteiger partial charge in [-0.15, -0.1) is 11.3 Å². The summed E-state index contributed by atoms with van der Waals surface area (Å²) in [7, 11) is 0. The average Bonchev–Trinajstić information content (AvgIpc) is 3.66. The molecular formula is C42H25N3S. The van der Waals surface area contributed by atoms with Crippen LogP contribution in [-0.4, -0.2) is 14.5 Å². The lowest BCUT2D eigenvalue weighted by Gasteiger charge is -2.14. The summed E-state index contributed by atoms with van der Waals surface area (Å²) >= 11 is 1.86. The van der Waals surface area contributed by atoms with E-state index in [0.717, 1.165) is 38.9 Å². The fourth-order valence-corrected chi connectivity index (χ4v) is 8.26. The second-order valence-corrected chi connectivity index (χ2v) is 12.9. The number of aromatic nitrogens is 3. The quantitative estimate of drug-likeness (QED) is 0.201. The minimum absolute atomic E-state index is 0.717. The van der Waals surface area contributed by atoms with Crippen molar-refractivity contribution >= 4 is 75.0 Å². The highest BCUT2D eigenvalue weighted by Gasteiger charge is 2.19. The van der Waals surface area contributed by atoms with E-state index < -0.39 is 0 Å². The highest BCUT2D eigenvalue weighted by atomic mass is 32.1. The monoisotopic (exact) mass is 603 g/mol. The van der Waals surface area contributed by atoms with Crippen LogP contribution in [0.4, 0.5) is 0 Å². The van der Waals surface area contributed by atoms with Crippen LogP contribution in [0, 0.1) is 0 Å². The molecule has 46 heavy (non-hydrogen) atoms. The summed E-state index contributed by atoms with van der Waals surface area (Å²) in [5, 5.41) is 8.48. The largest absolute Gasteiger partial charge is 0.293 e. The van der Waals surface area contributed by atoms with E-state index in [9.17, 15) is 0 Å². The molecule has 0 saturated carbocycles. The van der Waals surface area contributed by atoms with Crippen LogP contribution >= 0.6 is 11.3 Å². The molecule has 10 rings (SSSR count). The zero-order valence-electron chi connectivity index (χ0n) is 24.7. The van der Waals surface area contributed by atoms with Crippen LogP contribution in [0.25, 0.3) is 92.0 Å². The predicted octanol–water partition coefficient (Wildman–Crippen LogP) is 11.6. The van der Waals surface area contributed by atoms with Crippen molar-refractivity contribution in [1.82, 2.24) is 14.5 Å². The zero-order chi connectivity index (χ0) is 30.2. The van der Waals surface area contributed by atoms with E-state index in [4.69, 9.17) is 9.97 Å². The molecule has 10 aromatic rings. The van der Waals surface area contributed by atoms with Gasteiger partial charge in [-0.05, 0) is 58.3 Å². The average molecular weight is 604 g/mol. The Bertz CT molecular complexity index is 2810. The molecule has 0 spiro atoms. The number of para-hydroxylation sites is 1. The van der Waals surface area contributed by atoms with Gasteiger partial charge in [0.1, 0.15) is 5.82 Å². The van der Waals surface area contributed by atoms with Crippen LogP contribution in [0.3, 0.4) is 0 Å². The number of rotatable bonds is 3. The van der Waals surface area contributed by atoms with E-state index in [2.05, 4.69) is 138 Å². The first-order chi connectivity index (χ1) is 22.8. The molecule has 0 radical (unpaired) electrons. The van der Waals surface area contributed by atoms with Gasteiger partial charge in [0.25, 0.3) is 0 Å². The number of nitrogens with zero attached hydrogens (tertiary/aromatic N) is 3. The molecule has 7 aromatic carbocycles. The Kier molecular flexibility index (Phi) is 5.45. The Hall–Kier alpha value is -5.84. The molecular weight excluding hydrogens is 579 g/mol. The van der Waals surface area contributed by atoms with Crippen LogP contribution in [0.1, 0.15) is 0 Å². The standard InChI is InChI=1S/C42H25N3S/c1-2-11-26(12-3-1)41-43-36-22-21-29(30-17-10-18-33-32-16-7-9-20-39(32)46-40(30)33)24-35(36)42(44-41)45-37-19-8-6-15-31(37)34-23-27-13-4-5-14-28(27)25-38(34)45/h1-25H. The summed E-state index contributed by atoms with van der Waals surface area (Å²) in [4.78, 5) is 10.5. The summed E-state index contributed by atoms with van der Waals surface area (Å²) in [6.07, 6.45) is 0. The molecule has 0 amide bonds. The first-order valence-electron chi connectivity index (χ1n) is 15.5. The molecule has 0 N–H and O–H groups in total. The van der Waals surface area contributed by atoms with Crippen molar-refractivity contribution in [2.75, 3.05) is 0 Å². The maximum absolute atomic E-state index is 5.38. The van der Waals surface area contributed by atoms with E-state index in [1.807, 2.05) is 29.5 Å². The van der Waals surface area contributed by atoms with E-state index in [-0.39, 0.29) is 0 Å². The fourth-order valence-electron chi connectivity index (χ4n) is 7.02. The highest BCUT2D eigenvalue weighted by Crippen LogP contribution is 2.42. The van der Waals surface area contributed by atoms with Crippen LogP contribution in [-0.2, 0) is 0 Å². The first-order valence-corrected chi connectivity index (χ1v) is 16.3. The topological polar surface area (TPSA) is 30.7 Å². The molecule has 0 bridgehead atoms. The van der Waals surface area contributed by atoms with Gasteiger partial charge in [0.05, 0.1) is 16.6 Å². The van der Waals surface area contributed by atoms with Gasteiger partial charge < -0.3 is 0 Å². The first kappa shape index (κ1) is 25.5. The number of fused-ring (bicyclic) bond motifs is 8. The number of thiophene rings is 1. The number of hydrogen-bond donors (Lipinski definition) is 0. The van der Waals surface area contributed by atoms with Gasteiger partial charge in [-0.1, -0.05) is 115 Å². The van der Waals surface area contributed by atoms with Crippen molar-refractivity contribution in [3.63, 3.8) is 0 Å². The second kappa shape index (κ2) is 9.83. The van der Waals surface area contributed by atoms with Crippen molar-refractivity contribution in [2.24, 2.45) is 0 Å². The molecule has 0 atom stereocenters. The van der Waals surface area contributed by atoms with Gasteiger partial charge in [-0.2, -0.15) is 0 Å². The molecule has 0 aliphatic rings. The van der Waals surface area contributed by atoms with Gasteiger partial charge >= 0.3 is 0 Å². The van der Waals surface area contributed by atoms with Crippen molar-refractivity contribution in [3.05, 3.63) is 152 Å². The smallest absolute Gasteiger partial charge is 0.162 e. The van der Waals surface area contributed by atoms with E-state index in [1.54, 1.807) is 0 Å². The maximum Gasteiger partial charge on any atom is 0.162 e. The molecule has 4 heteroatoms. The number of hydrogen-bond acceptors (Lipinski definition) is 3. The molecule has 0 saturated heterocycles. The van der Waals surface area contributed by atoms with E-state index >= 15 is 0 Å². The summed E-state index contributed by atoms with van der Waals surface area (Å²) in [6, 6.07) is 54.2. The highest BCUT2D eigenvalue weighted by molar-refractivity contribution is 7.26. The Labute approximate surface area is 268 Å². The Balaban J connectivity index is 1.32. The third-order valence-corrected chi connectivity index (χ3v) is 10.4. The number of benzene rings is 7. The third kappa shape index (κ3) is 3.77. The molecule has 0 aliphatic carbocycles. The van der Waals surface area contributed by atoms with Crippen LogP contribution in [0.2, 0.25) is 0 Å². The summed E-state index contributed by atoms with van der Waals surface area (Å²) in [5.74, 6) is 1.60. The maximum atomic E-state index is 5.38. The van der Waals surface area contributed by atoms with Gasteiger partial charge in [0.2, 0.25) is 0 Å². The molecule has 0 fully saturated rings. The van der Waals surface area contributed by atoms with Crippen LogP contribution in [0.15, 0.2) is 152 Å². The molecule has 3 heterocycles. The minimum Gasteiger partial charge on any atom is -0.293 e. The molecule has 0 aliphatic heterocycles. The zero-order valence-corrected chi connectivity index (χ0v) is 25.5. The van der Waals surface area contributed by atoms with Gasteiger partial charge in [-0.25, -0.2) is 9.97 Å². The van der Waals surface area contributed by atoms with Crippen molar-refractivity contribution in [2.45, 2.75) is 0 Å². The van der Waals surface area contributed by atoms with E-state index in [0.29, 0.717) is 5.82 Å². The van der Waals surface area contributed by atoms with Gasteiger partial charge in [-0.3, -0.25) is 4.57 Å². The lowest BCUT2D eigenvalue weighted by molar-refractivity contribution is 1.08. The third-order valence-electron chi connectivity index (χ3n) is 9.17. The fraction of sp³-hybridized carbons (Fsp3) is 0. The summed E-state index contributed by atoms with van der Waals surface area (Å²) in [5.41, 5.74) is 6.57. The lowest BCUT2D eigenvalue weighted by atomic mass is 10.0. The molecule has 3 nitrogen and oxygen atoms in total. The van der Waals surface area contributed by atoms with Crippen LogP contribution in [0.5, 0.6) is 0 Å². The second-order valence-electron chi connectivity index (χ2n) is 11.8. The van der Waals surface area contributed by atoms with E-state index in [1.165, 1.54) is 47.3 Å². The summed E-state index contributed by atoms with van der Waals surface area (Å²) in [6.45, 7) is 0. The summed E-state index contributed by atoms with van der Waals surface area (Å²) < 4.78 is 4.95. The van der Waals surface area contributed by atoms with Crippen molar-refractivity contribution in [1.29, 1.82) is 0 Å². The van der Waals surface area contributed by atoms with Crippen molar-refractivity contribution < 1.29 is 0 Å². The lowest BCUT2D eigenvalue weighted by Crippen LogP contribution is -2.03. The van der Waals surface area contributed by atoms with Crippen molar-refractivity contribution in [3.8, 4) is 28.3 Å². The predicted molar refractivity (Wildman–Crippen MR) is 195 cm³/mol. The molecule has 0 unspecified atom stereocenters. The minimum atomic E-state index is 0.717. The SMILES string of the molecule is c1ccc(-c2nc(-n3c4ccccc4c4cc5ccccc5cc43)c3cc(-c4cccc5c4sc4ccccc45)ccc3n2)cc1. The Morgan fingerprint density at radius 2 is 1.20 bits per heavy atom. The Morgan fingerprint density at radius 3 is 2.09 bits per heavy atom. The van der Waals surface area contributed by atoms with Gasteiger partial charge in [0, 0.05) is 41.9 Å². The van der Waals surface area contributed by atoms with Crippen LogP contribution < -0.4 is 0 Å².